The van der Waals surface area contributed by atoms with E-state index in [0.29, 0.717) is 19.4 Å². The molecule has 0 aliphatic carbocycles. The van der Waals surface area contributed by atoms with Crippen LogP contribution in [0.15, 0.2) is 11.7 Å². The smallest absolute Gasteiger partial charge is 0.305 e. The number of carbonyl (C=O) groups excluding carboxylic acids is 1. The maximum Gasteiger partial charge on any atom is 0.305 e. The van der Waals surface area contributed by atoms with Gasteiger partial charge in [0.1, 0.15) is 0 Å². The second-order valence-corrected chi connectivity index (χ2v) is 4.82. The van der Waals surface area contributed by atoms with Crippen LogP contribution in [-0.4, -0.2) is 12.6 Å². The second-order valence-electron chi connectivity index (χ2n) is 4.82. The fourth-order valence-corrected chi connectivity index (χ4v) is 1.87. The van der Waals surface area contributed by atoms with E-state index in [1.165, 1.54) is 6.92 Å². The first-order valence-electron chi connectivity index (χ1n) is 7.24. The molecule has 19 heavy (non-hydrogen) atoms. The Morgan fingerprint density at radius 3 is 1.84 bits per heavy atom. The van der Waals surface area contributed by atoms with Gasteiger partial charge in [-0.3, -0.25) is 4.79 Å². The second kappa shape index (κ2) is 12.1. The number of rotatable bonds is 11. The van der Waals surface area contributed by atoms with Crippen LogP contribution in [0.4, 0.5) is 8.78 Å². The minimum Gasteiger partial charge on any atom is -0.466 e. The number of ether oxygens (including phenoxy) is 1. The molecule has 0 amide bonds. The predicted molar refractivity (Wildman–Crippen MR) is 73.1 cm³/mol. The number of allylic oxidation sites excluding steroid dienone is 1. The molecule has 0 rings (SSSR count). The lowest BCUT2D eigenvalue weighted by molar-refractivity contribution is -0.143. The lowest BCUT2D eigenvalue weighted by Crippen LogP contribution is -2.03. The summed E-state index contributed by atoms with van der Waals surface area (Å²) in [5, 5.41) is 0. The zero-order valence-electron chi connectivity index (χ0n) is 12.1. The molecular weight excluding hydrogens is 250 g/mol. The van der Waals surface area contributed by atoms with Gasteiger partial charge in [-0.25, -0.2) is 0 Å². The van der Waals surface area contributed by atoms with E-state index >= 15 is 0 Å². The number of carbonyl (C=O) groups is 1. The van der Waals surface area contributed by atoms with E-state index in [1.807, 2.05) is 6.92 Å². The summed E-state index contributed by atoms with van der Waals surface area (Å²) < 4.78 is 29.0. The van der Waals surface area contributed by atoms with Crippen molar-refractivity contribution >= 4 is 5.97 Å². The Morgan fingerprint density at radius 2 is 1.37 bits per heavy atom. The Kier molecular flexibility index (Phi) is 11.5. The monoisotopic (exact) mass is 276 g/mol. The molecule has 0 saturated heterocycles. The molecule has 0 aromatic carbocycles. The molecule has 0 aromatic heterocycles. The van der Waals surface area contributed by atoms with Gasteiger partial charge in [0, 0.05) is 6.42 Å². The average molecular weight is 276 g/mol. The van der Waals surface area contributed by atoms with Crippen LogP contribution in [0.3, 0.4) is 0 Å². The first-order chi connectivity index (χ1) is 9.07. The molecule has 4 heteroatoms. The fraction of sp³-hybridized carbons (Fsp3) is 0.800. The molecule has 0 radical (unpaired) electrons. The maximum absolute atomic E-state index is 12.1. The molecule has 112 valence electrons. The number of esters is 1. The zero-order valence-corrected chi connectivity index (χ0v) is 12.1. The van der Waals surface area contributed by atoms with Crippen molar-refractivity contribution < 1.29 is 18.3 Å². The molecule has 0 N–H and O–H groups in total. The fourth-order valence-electron chi connectivity index (χ4n) is 1.87. The molecule has 0 bridgehead atoms. The summed E-state index contributed by atoms with van der Waals surface area (Å²) in [5.41, 5.74) is 0.217. The van der Waals surface area contributed by atoms with E-state index in [2.05, 4.69) is 0 Å². The third-order valence-electron chi connectivity index (χ3n) is 3.06. The highest BCUT2D eigenvalue weighted by atomic mass is 19.3. The molecule has 0 saturated carbocycles. The van der Waals surface area contributed by atoms with Crippen LogP contribution < -0.4 is 0 Å². The third kappa shape index (κ3) is 11.9. The molecule has 0 aliphatic rings. The Bertz CT molecular complexity index is 271. The van der Waals surface area contributed by atoms with Crippen LogP contribution in [0.1, 0.15) is 71.6 Å². The zero-order chi connectivity index (χ0) is 14.5. The minimum atomic E-state index is -1.53. The summed E-state index contributed by atoms with van der Waals surface area (Å²) in [6, 6.07) is 0. The highest BCUT2D eigenvalue weighted by Gasteiger charge is 2.01. The van der Waals surface area contributed by atoms with E-state index in [0.717, 1.165) is 44.9 Å². The highest BCUT2D eigenvalue weighted by molar-refractivity contribution is 5.69. The van der Waals surface area contributed by atoms with E-state index in [4.69, 9.17) is 4.74 Å². The summed E-state index contributed by atoms with van der Waals surface area (Å²) in [6.07, 6.45) is 6.55. The van der Waals surface area contributed by atoms with Crippen LogP contribution in [0.25, 0.3) is 0 Å². The Labute approximate surface area is 115 Å². The number of hydrogen-bond acceptors (Lipinski definition) is 2. The topological polar surface area (TPSA) is 26.3 Å². The Morgan fingerprint density at radius 1 is 0.895 bits per heavy atom. The highest BCUT2D eigenvalue weighted by Crippen LogP contribution is 2.16. The van der Waals surface area contributed by atoms with Gasteiger partial charge in [-0.15, -0.1) is 0 Å². The summed E-state index contributed by atoms with van der Waals surface area (Å²) in [5.74, 6) is -0.113. The van der Waals surface area contributed by atoms with Gasteiger partial charge < -0.3 is 4.74 Å². The van der Waals surface area contributed by atoms with Crippen LogP contribution >= 0.6 is 0 Å². The number of unbranched alkanes of at least 4 members (excludes halogenated alkanes) is 6. The van der Waals surface area contributed by atoms with E-state index in [-0.39, 0.29) is 11.5 Å². The van der Waals surface area contributed by atoms with Crippen molar-refractivity contribution in [1.82, 2.24) is 0 Å². The van der Waals surface area contributed by atoms with Gasteiger partial charge in [0.15, 0.2) is 0 Å². The van der Waals surface area contributed by atoms with Gasteiger partial charge in [-0.05, 0) is 38.7 Å². The number of hydrogen-bond donors (Lipinski definition) is 0. The van der Waals surface area contributed by atoms with Gasteiger partial charge in [0.05, 0.1) is 6.61 Å². The predicted octanol–water partition coefficient (Wildman–Crippen LogP) is 5.23. The molecule has 2 nitrogen and oxygen atoms in total. The van der Waals surface area contributed by atoms with Crippen molar-refractivity contribution in [2.45, 2.75) is 71.6 Å². The number of halogens is 2. The van der Waals surface area contributed by atoms with Gasteiger partial charge in [-0.2, -0.15) is 8.78 Å². The SMILES string of the molecule is CCOC(=O)CCCCCCCCCC(C)=C(F)F. The standard InChI is InChI=1S/C15H26F2O2/c1-3-19-14(18)12-10-8-6-4-5-7-9-11-13(2)15(16)17/h3-12H2,1-2H3. The van der Waals surface area contributed by atoms with Crippen molar-refractivity contribution in [1.29, 1.82) is 0 Å². The summed E-state index contributed by atoms with van der Waals surface area (Å²) in [6.45, 7) is 3.75. The quantitative estimate of drug-likeness (QED) is 0.381. The lowest BCUT2D eigenvalue weighted by Gasteiger charge is -2.03. The van der Waals surface area contributed by atoms with Gasteiger partial charge >= 0.3 is 5.97 Å². The molecule has 0 spiro atoms. The van der Waals surface area contributed by atoms with Crippen LogP contribution in [0, 0.1) is 0 Å². The minimum absolute atomic E-state index is 0.113. The van der Waals surface area contributed by atoms with Crippen molar-refractivity contribution in [3.05, 3.63) is 11.7 Å². The Balaban J connectivity index is 3.24. The molecule has 0 atom stereocenters. The maximum atomic E-state index is 12.1. The van der Waals surface area contributed by atoms with Crippen LogP contribution in [0.2, 0.25) is 0 Å². The van der Waals surface area contributed by atoms with Crippen molar-refractivity contribution in [2.24, 2.45) is 0 Å². The van der Waals surface area contributed by atoms with E-state index in [1.54, 1.807) is 0 Å². The van der Waals surface area contributed by atoms with Crippen LogP contribution in [0.5, 0.6) is 0 Å². The van der Waals surface area contributed by atoms with Crippen molar-refractivity contribution in [2.75, 3.05) is 6.61 Å². The van der Waals surface area contributed by atoms with Gasteiger partial charge in [0.2, 0.25) is 0 Å². The molecular formula is C15H26F2O2. The Hall–Kier alpha value is -0.930. The van der Waals surface area contributed by atoms with Crippen LogP contribution in [-0.2, 0) is 9.53 Å². The molecule has 0 unspecified atom stereocenters. The van der Waals surface area contributed by atoms with E-state index < -0.39 is 6.08 Å². The lowest BCUT2D eigenvalue weighted by atomic mass is 10.1. The summed E-state index contributed by atoms with van der Waals surface area (Å²) >= 11 is 0. The van der Waals surface area contributed by atoms with Gasteiger partial charge in [-0.1, -0.05) is 32.1 Å². The first kappa shape index (κ1) is 18.1. The normalized spacial score (nSPS) is 10.3. The molecule has 0 heterocycles. The third-order valence-corrected chi connectivity index (χ3v) is 3.06. The average Bonchev–Trinajstić information content (AvgIpc) is 2.36. The molecule has 0 aromatic rings. The largest absolute Gasteiger partial charge is 0.466 e. The first-order valence-corrected chi connectivity index (χ1v) is 7.24. The van der Waals surface area contributed by atoms with E-state index in [9.17, 15) is 13.6 Å². The molecule has 0 aliphatic heterocycles. The summed E-state index contributed by atoms with van der Waals surface area (Å²) in [4.78, 5) is 11.0. The van der Waals surface area contributed by atoms with Gasteiger partial charge in [0.25, 0.3) is 6.08 Å². The molecule has 0 fully saturated rings. The van der Waals surface area contributed by atoms with Crippen molar-refractivity contribution in [3.8, 4) is 0 Å². The summed E-state index contributed by atoms with van der Waals surface area (Å²) in [7, 11) is 0. The van der Waals surface area contributed by atoms with Crippen molar-refractivity contribution in [3.63, 3.8) is 0 Å².